The van der Waals surface area contributed by atoms with Crippen LogP contribution in [0.3, 0.4) is 0 Å². The molecule has 0 radical (unpaired) electrons. The highest BCUT2D eigenvalue weighted by Gasteiger charge is 2.26. The van der Waals surface area contributed by atoms with E-state index in [-0.39, 0.29) is 10.5 Å². The standard InChI is InChI=1S/C18H23FN4O3S2/c1-3-17-21-13(12-27-17)11-22-6-8-23(9-7-22)18(24)15-10-14(4-5-16(15)19)28(25,26)20-2/h4-5,10,12,20H,3,6-9,11H2,1-2H3. The first-order chi connectivity index (χ1) is 13.3. The maximum atomic E-state index is 14.2. The smallest absolute Gasteiger partial charge is 0.256 e. The molecule has 0 saturated carbocycles. The molecule has 1 saturated heterocycles. The van der Waals surface area contributed by atoms with Gasteiger partial charge in [0, 0.05) is 38.1 Å². The number of carbonyl (C=O) groups excluding carboxylic acids is 1. The van der Waals surface area contributed by atoms with Crippen LogP contribution < -0.4 is 4.72 Å². The van der Waals surface area contributed by atoms with Gasteiger partial charge in [0.1, 0.15) is 5.82 Å². The number of thiazole rings is 1. The van der Waals surface area contributed by atoms with Crippen molar-refractivity contribution in [1.82, 2.24) is 19.5 Å². The Kier molecular flexibility index (Phi) is 6.43. The highest BCUT2D eigenvalue weighted by molar-refractivity contribution is 7.89. The second-order valence-electron chi connectivity index (χ2n) is 6.50. The predicted octanol–water partition coefficient (Wildman–Crippen LogP) is 1.71. The van der Waals surface area contributed by atoms with E-state index >= 15 is 0 Å². The zero-order valence-corrected chi connectivity index (χ0v) is 17.4. The van der Waals surface area contributed by atoms with E-state index in [2.05, 4.69) is 26.9 Å². The first-order valence-corrected chi connectivity index (χ1v) is 11.4. The van der Waals surface area contributed by atoms with E-state index in [0.717, 1.165) is 41.9 Å². The molecule has 1 amide bonds. The summed E-state index contributed by atoms with van der Waals surface area (Å²) in [5.41, 5.74) is 0.800. The lowest BCUT2D eigenvalue weighted by Crippen LogP contribution is -2.48. The van der Waals surface area contributed by atoms with Gasteiger partial charge in [0.2, 0.25) is 10.0 Å². The van der Waals surface area contributed by atoms with Gasteiger partial charge in [-0.1, -0.05) is 6.92 Å². The lowest BCUT2D eigenvalue weighted by Gasteiger charge is -2.34. The summed E-state index contributed by atoms with van der Waals surface area (Å²) in [6.45, 7) is 5.01. The molecule has 0 aliphatic carbocycles. The maximum absolute atomic E-state index is 14.2. The average Bonchev–Trinajstić information content (AvgIpc) is 3.16. The summed E-state index contributed by atoms with van der Waals surface area (Å²) in [5, 5.41) is 3.16. The lowest BCUT2D eigenvalue weighted by atomic mass is 10.1. The van der Waals surface area contributed by atoms with E-state index in [9.17, 15) is 17.6 Å². The number of halogens is 1. The summed E-state index contributed by atoms with van der Waals surface area (Å²) in [6.07, 6.45) is 0.918. The number of aromatic nitrogens is 1. The zero-order chi connectivity index (χ0) is 20.3. The summed E-state index contributed by atoms with van der Waals surface area (Å²) in [4.78, 5) is 20.9. The van der Waals surface area contributed by atoms with Crippen molar-refractivity contribution >= 4 is 27.3 Å². The minimum absolute atomic E-state index is 0.131. The molecule has 1 N–H and O–H groups in total. The van der Waals surface area contributed by atoms with Crippen LogP contribution in [0.25, 0.3) is 0 Å². The van der Waals surface area contributed by atoms with Gasteiger partial charge >= 0.3 is 0 Å². The Balaban J connectivity index is 1.66. The Hall–Kier alpha value is -1.88. The first kappa shape index (κ1) is 20.8. The maximum Gasteiger partial charge on any atom is 0.256 e. The monoisotopic (exact) mass is 426 g/mol. The molecule has 3 rings (SSSR count). The Morgan fingerprint density at radius 3 is 2.61 bits per heavy atom. The van der Waals surface area contributed by atoms with Gasteiger partial charge in [-0.2, -0.15) is 0 Å². The van der Waals surface area contributed by atoms with Crippen LogP contribution in [0.5, 0.6) is 0 Å². The van der Waals surface area contributed by atoms with Crippen LogP contribution >= 0.6 is 11.3 Å². The Morgan fingerprint density at radius 2 is 2.00 bits per heavy atom. The zero-order valence-electron chi connectivity index (χ0n) is 15.8. The normalized spacial score (nSPS) is 15.8. The molecule has 28 heavy (non-hydrogen) atoms. The van der Waals surface area contributed by atoms with Gasteiger partial charge in [0.05, 0.1) is 21.2 Å². The molecule has 1 aliphatic heterocycles. The summed E-state index contributed by atoms with van der Waals surface area (Å²) in [7, 11) is -2.48. The van der Waals surface area contributed by atoms with Crippen molar-refractivity contribution in [2.45, 2.75) is 24.8 Å². The van der Waals surface area contributed by atoms with Crippen molar-refractivity contribution in [3.05, 3.63) is 45.7 Å². The minimum atomic E-state index is -3.75. The van der Waals surface area contributed by atoms with Crippen molar-refractivity contribution in [3.63, 3.8) is 0 Å². The highest BCUT2D eigenvalue weighted by Crippen LogP contribution is 2.19. The Bertz CT molecular complexity index is 953. The van der Waals surface area contributed by atoms with Crippen molar-refractivity contribution in [2.24, 2.45) is 0 Å². The number of sulfonamides is 1. The SMILES string of the molecule is CCc1nc(CN2CCN(C(=O)c3cc(S(=O)(=O)NC)ccc3F)CC2)cs1. The molecule has 1 fully saturated rings. The van der Waals surface area contributed by atoms with Crippen LogP contribution in [0, 0.1) is 5.82 Å². The summed E-state index contributed by atoms with van der Waals surface area (Å²) < 4.78 is 40.2. The van der Waals surface area contributed by atoms with E-state index in [1.165, 1.54) is 7.05 Å². The fourth-order valence-corrected chi connectivity index (χ4v) is 4.54. The summed E-state index contributed by atoms with van der Waals surface area (Å²) >= 11 is 1.65. The summed E-state index contributed by atoms with van der Waals surface area (Å²) in [6, 6.07) is 3.26. The number of nitrogens with zero attached hydrogens (tertiary/aromatic N) is 3. The fourth-order valence-electron chi connectivity index (χ4n) is 3.05. The van der Waals surface area contributed by atoms with E-state index in [0.29, 0.717) is 26.2 Å². The third kappa shape index (κ3) is 4.57. The van der Waals surface area contributed by atoms with Gasteiger partial charge in [0.25, 0.3) is 5.91 Å². The molecular formula is C18H23FN4O3S2. The fraction of sp³-hybridized carbons (Fsp3) is 0.444. The topological polar surface area (TPSA) is 82.6 Å². The molecule has 0 atom stereocenters. The van der Waals surface area contributed by atoms with E-state index in [4.69, 9.17) is 0 Å². The van der Waals surface area contributed by atoms with Gasteiger partial charge in [-0.05, 0) is 31.7 Å². The number of benzene rings is 1. The third-order valence-corrected chi connectivity index (χ3v) is 7.15. The molecule has 0 spiro atoms. The molecule has 10 heteroatoms. The van der Waals surface area contributed by atoms with Crippen LogP contribution in [0.15, 0.2) is 28.5 Å². The Morgan fingerprint density at radius 1 is 1.29 bits per heavy atom. The first-order valence-electron chi connectivity index (χ1n) is 9.02. The van der Waals surface area contributed by atoms with Crippen LogP contribution in [-0.2, 0) is 23.0 Å². The predicted molar refractivity (Wildman–Crippen MR) is 105 cm³/mol. The third-order valence-electron chi connectivity index (χ3n) is 4.69. The number of carbonyl (C=O) groups is 1. The van der Waals surface area contributed by atoms with Gasteiger partial charge in [0.15, 0.2) is 0 Å². The van der Waals surface area contributed by atoms with Gasteiger partial charge in [-0.15, -0.1) is 11.3 Å². The summed E-state index contributed by atoms with van der Waals surface area (Å²) in [5.74, 6) is -1.22. The van der Waals surface area contributed by atoms with Crippen LogP contribution in [0.2, 0.25) is 0 Å². The minimum Gasteiger partial charge on any atom is -0.336 e. The number of rotatable bonds is 6. The van der Waals surface area contributed by atoms with Gasteiger partial charge in [-0.25, -0.2) is 22.5 Å². The number of hydrogen-bond acceptors (Lipinski definition) is 6. The van der Waals surface area contributed by atoms with Gasteiger partial charge in [-0.3, -0.25) is 9.69 Å². The molecule has 0 unspecified atom stereocenters. The second kappa shape index (κ2) is 8.64. The quantitative estimate of drug-likeness (QED) is 0.761. The number of nitrogens with one attached hydrogen (secondary N) is 1. The molecule has 1 aliphatic rings. The Labute approximate surface area is 168 Å². The van der Waals surface area contributed by atoms with Crippen molar-refractivity contribution in [1.29, 1.82) is 0 Å². The lowest BCUT2D eigenvalue weighted by molar-refractivity contribution is 0.0622. The molecular weight excluding hydrogens is 403 g/mol. The van der Waals surface area contributed by atoms with E-state index < -0.39 is 21.7 Å². The molecule has 1 aromatic heterocycles. The van der Waals surface area contributed by atoms with Gasteiger partial charge < -0.3 is 4.90 Å². The van der Waals surface area contributed by atoms with Crippen molar-refractivity contribution in [2.75, 3.05) is 33.2 Å². The largest absolute Gasteiger partial charge is 0.336 e. The molecule has 152 valence electrons. The van der Waals surface area contributed by atoms with Crippen molar-refractivity contribution < 1.29 is 17.6 Å². The molecule has 7 nitrogen and oxygen atoms in total. The molecule has 1 aromatic carbocycles. The average molecular weight is 427 g/mol. The van der Waals surface area contributed by atoms with Crippen LogP contribution in [-0.4, -0.2) is 62.3 Å². The molecule has 2 aromatic rings. The molecule has 2 heterocycles. The number of aryl methyl sites for hydroxylation is 1. The van der Waals surface area contributed by atoms with E-state index in [1.807, 2.05) is 0 Å². The number of hydrogen-bond donors (Lipinski definition) is 1. The van der Waals surface area contributed by atoms with Crippen LogP contribution in [0.1, 0.15) is 28.0 Å². The molecule has 0 bridgehead atoms. The number of amides is 1. The highest BCUT2D eigenvalue weighted by atomic mass is 32.2. The van der Waals surface area contributed by atoms with Crippen LogP contribution in [0.4, 0.5) is 4.39 Å². The number of piperazine rings is 1. The second-order valence-corrected chi connectivity index (χ2v) is 9.33. The van der Waals surface area contributed by atoms with E-state index in [1.54, 1.807) is 16.2 Å². The van der Waals surface area contributed by atoms with Crippen molar-refractivity contribution in [3.8, 4) is 0 Å².